The van der Waals surface area contributed by atoms with Crippen LogP contribution in [0.15, 0.2) is 88.6 Å². The molecule has 0 saturated heterocycles. The van der Waals surface area contributed by atoms with Crippen LogP contribution in [0.1, 0.15) is 30.5 Å². The van der Waals surface area contributed by atoms with E-state index in [2.05, 4.69) is 6.58 Å². The number of ether oxygens (including phenoxy) is 3. The highest BCUT2D eigenvalue weighted by atomic mass is 32.2. The molecular weight excluding hydrogens is 502 g/mol. The molecule has 0 fully saturated rings. The molecule has 0 saturated carbocycles. The first-order valence-electron chi connectivity index (χ1n) is 12.1. The van der Waals surface area contributed by atoms with Gasteiger partial charge in [-0.15, -0.1) is 0 Å². The molecule has 1 unspecified atom stereocenters. The zero-order valence-corrected chi connectivity index (χ0v) is 22.8. The van der Waals surface area contributed by atoms with E-state index >= 15 is 0 Å². The van der Waals surface area contributed by atoms with Gasteiger partial charge in [0.15, 0.2) is 5.17 Å². The fourth-order valence-corrected chi connectivity index (χ4v) is 5.39. The number of esters is 1. The highest BCUT2D eigenvalue weighted by Crippen LogP contribution is 2.47. The molecule has 2 aliphatic rings. The Balaban J connectivity index is 1.71. The maximum absolute atomic E-state index is 13.3. The minimum absolute atomic E-state index is 0.0552. The normalized spacial score (nSPS) is 16.3. The molecule has 0 radical (unpaired) electrons. The van der Waals surface area contributed by atoms with Gasteiger partial charge in [-0.3, -0.25) is 4.79 Å². The molecule has 8 nitrogen and oxygen atoms in total. The van der Waals surface area contributed by atoms with Crippen molar-refractivity contribution < 1.29 is 23.8 Å². The van der Waals surface area contributed by atoms with Gasteiger partial charge in [0, 0.05) is 24.9 Å². The molecule has 2 heterocycles. The number of carbonyl (C=O) groups is 2. The summed E-state index contributed by atoms with van der Waals surface area (Å²) in [4.78, 5) is 35.0. The number of amidine groups is 1. The van der Waals surface area contributed by atoms with E-state index in [1.165, 1.54) is 17.8 Å². The Morgan fingerprint density at radius 3 is 2.61 bits per heavy atom. The molecule has 0 N–H and O–H groups in total. The highest BCUT2D eigenvalue weighted by molar-refractivity contribution is 8.16. The Labute approximate surface area is 227 Å². The van der Waals surface area contributed by atoms with Crippen molar-refractivity contribution in [3.8, 4) is 11.5 Å². The van der Waals surface area contributed by atoms with Crippen molar-refractivity contribution in [2.45, 2.75) is 25.9 Å². The molecule has 4 rings (SSSR count). The van der Waals surface area contributed by atoms with Crippen LogP contribution in [0.2, 0.25) is 0 Å². The molecule has 0 aromatic heterocycles. The van der Waals surface area contributed by atoms with Gasteiger partial charge >= 0.3 is 5.97 Å². The van der Waals surface area contributed by atoms with Crippen LogP contribution in [-0.4, -0.2) is 54.7 Å². The number of allylic oxidation sites excluding steroid dienone is 1. The summed E-state index contributed by atoms with van der Waals surface area (Å²) in [5, 5.41) is 2.59. The van der Waals surface area contributed by atoms with E-state index in [1.807, 2.05) is 46.7 Å². The number of carbonyl (C=O) groups excluding carboxylic acids is 2. The van der Waals surface area contributed by atoms with Crippen LogP contribution in [0.3, 0.4) is 0 Å². The Kier molecular flexibility index (Phi) is 8.58. The van der Waals surface area contributed by atoms with Gasteiger partial charge in [-0.2, -0.15) is 0 Å². The fourth-order valence-electron chi connectivity index (χ4n) is 4.43. The van der Waals surface area contributed by atoms with Crippen molar-refractivity contribution >= 4 is 28.8 Å². The molecule has 0 spiro atoms. The summed E-state index contributed by atoms with van der Waals surface area (Å²) < 4.78 is 16.7. The van der Waals surface area contributed by atoms with Gasteiger partial charge in [0.25, 0.3) is 0 Å². The fraction of sp³-hybridized carbons (Fsp3) is 0.276. The van der Waals surface area contributed by atoms with Crippen LogP contribution in [-0.2, 0) is 20.9 Å². The lowest BCUT2D eigenvalue weighted by molar-refractivity contribution is -0.138. The molecule has 1 amide bonds. The predicted octanol–water partition coefficient (Wildman–Crippen LogP) is 5.06. The smallest absolute Gasteiger partial charge is 0.338 e. The molecule has 198 valence electrons. The van der Waals surface area contributed by atoms with Gasteiger partial charge in [-0.1, -0.05) is 54.7 Å². The van der Waals surface area contributed by atoms with Crippen molar-refractivity contribution in [3.05, 3.63) is 94.7 Å². The summed E-state index contributed by atoms with van der Waals surface area (Å²) in [6.07, 6.45) is 1.65. The number of fused-ring (bicyclic) bond motifs is 1. The molecule has 1 atom stereocenters. The highest BCUT2D eigenvalue weighted by Gasteiger charge is 2.42. The number of benzene rings is 2. The average molecular weight is 534 g/mol. The van der Waals surface area contributed by atoms with Crippen molar-refractivity contribution in [1.29, 1.82) is 0 Å². The topological polar surface area (TPSA) is 80.7 Å². The molecule has 2 aromatic carbocycles. The lowest BCUT2D eigenvalue weighted by Gasteiger charge is -2.37. The van der Waals surface area contributed by atoms with E-state index in [0.29, 0.717) is 40.0 Å². The molecule has 2 aromatic rings. The second-order valence-corrected chi connectivity index (χ2v) is 9.64. The molecular formula is C29H31N3O5S. The third-order valence-corrected chi connectivity index (χ3v) is 7.19. The minimum atomic E-state index is -0.640. The molecule has 38 heavy (non-hydrogen) atoms. The maximum Gasteiger partial charge on any atom is 0.338 e. The van der Waals surface area contributed by atoms with Gasteiger partial charge in [-0.05, 0) is 36.1 Å². The van der Waals surface area contributed by atoms with E-state index in [1.54, 1.807) is 45.2 Å². The summed E-state index contributed by atoms with van der Waals surface area (Å²) >= 11 is 1.42. The lowest BCUT2D eigenvalue weighted by atomic mass is 9.92. The average Bonchev–Trinajstić information content (AvgIpc) is 3.32. The first-order valence-corrected chi connectivity index (χ1v) is 13.0. The summed E-state index contributed by atoms with van der Waals surface area (Å²) in [6, 6.07) is 14.6. The number of thioether (sulfide) groups is 1. The van der Waals surface area contributed by atoms with Crippen LogP contribution < -0.4 is 9.47 Å². The predicted molar refractivity (Wildman–Crippen MR) is 149 cm³/mol. The van der Waals surface area contributed by atoms with Crippen molar-refractivity contribution in [2.75, 3.05) is 27.9 Å². The number of rotatable bonds is 10. The summed E-state index contributed by atoms with van der Waals surface area (Å²) in [6.45, 7) is 5.99. The Morgan fingerprint density at radius 2 is 1.92 bits per heavy atom. The van der Waals surface area contributed by atoms with Gasteiger partial charge in [0.05, 0.1) is 38.0 Å². The van der Waals surface area contributed by atoms with E-state index in [9.17, 15) is 9.59 Å². The second-order valence-electron chi connectivity index (χ2n) is 8.80. The van der Waals surface area contributed by atoms with Crippen LogP contribution in [0.25, 0.3) is 0 Å². The number of hydrogen-bond acceptors (Lipinski definition) is 8. The number of hydrogen-bond donors (Lipinski definition) is 0. The van der Waals surface area contributed by atoms with Gasteiger partial charge in [0.2, 0.25) is 5.91 Å². The molecule has 2 aliphatic heterocycles. The summed E-state index contributed by atoms with van der Waals surface area (Å²) in [7, 11) is 4.94. The summed E-state index contributed by atoms with van der Waals surface area (Å²) in [5.74, 6) is 0.615. The number of amides is 1. The Bertz CT molecular complexity index is 1320. The minimum Gasteiger partial charge on any atom is -0.497 e. The number of methoxy groups -OCH3 is 2. The van der Waals surface area contributed by atoms with Crippen molar-refractivity contribution in [3.63, 3.8) is 0 Å². The molecule has 0 aliphatic carbocycles. The first kappa shape index (κ1) is 27.1. The quantitative estimate of drug-likeness (QED) is 0.312. The van der Waals surface area contributed by atoms with Crippen LogP contribution in [0.4, 0.5) is 0 Å². The van der Waals surface area contributed by atoms with E-state index < -0.39 is 12.0 Å². The van der Waals surface area contributed by atoms with E-state index in [-0.39, 0.29) is 18.9 Å². The monoisotopic (exact) mass is 533 g/mol. The van der Waals surface area contributed by atoms with E-state index in [4.69, 9.17) is 19.2 Å². The zero-order valence-electron chi connectivity index (χ0n) is 22.0. The second kappa shape index (κ2) is 12.0. The third-order valence-electron chi connectivity index (χ3n) is 6.30. The van der Waals surface area contributed by atoms with Crippen LogP contribution in [0.5, 0.6) is 11.5 Å². The standard InChI is InChI=1S/C29H31N3O5S/c1-6-14-37-28(34)26-19(2)30-29-32(27(26)23-16-22(35-4)12-13-24(23)36-5)21(18-38-29)15-25(33)31(3)17-20-10-8-7-9-11-20/h6-13,16,18,27H,1,14-15,17H2,2-5H3. The first-order chi connectivity index (χ1) is 18.4. The Hall–Kier alpha value is -3.98. The maximum atomic E-state index is 13.3. The lowest BCUT2D eigenvalue weighted by Crippen LogP contribution is -2.38. The van der Waals surface area contributed by atoms with E-state index in [0.717, 1.165) is 11.3 Å². The summed E-state index contributed by atoms with van der Waals surface area (Å²) in [5.41, 5.74) is 3.37. The SMILES string of the molecule is C=CCOC(=O)C1=C(C)N=C2SC=C(CC(=O)N(C)Cc3ccccc3)N2C1c1cc(OC)ccc1OC. The van der Waals surface area contributed by atoms with Crippen LogP contribution in [0, 0.1) is 0 Å². The van der Waals surface area contributed by atoms with Gasteiger partial charge < -0.3 is 24.0 Å². The zero-order chi connectivity index (χ0) is 27.2. The third kappa shape index (κ3) is 5.62. The molecule has 9 heteroatoms. The number of nitrogens with zero attached hydrogens (tertiary/aromatic N) is 3. The van der Waals surface area contributed by atoms with Crippen molar-refractivity contribution in [2.24, 2.45) is 4.99 Å². The Morgan fingerprint density at radius 1 is 1.16 bits per heavy atom. The van der Waals surface area contributed by atoms with Crippen LogP contribution >= 0.6 is 11.8 Å². The van der Waals surface area contributed by atoms with Crippen molar-refractivity contribution in [1.82, 2.24) is 9.80 Å². The van der Waals surface area contributed by atoms with Gasteiger partial charge in [0.1, 0.15) is 18.1 Å². The largest absolute Gasteiger partial charge is 0.497 e. The number of aliphatic imine (C=N–C) groups is 1. The molecule has 0 bridgehead atoms. The van der Waals surface area contributed by atoms with Gasteiger partial charge in [-0.25, -0.2) is 9.79 Å².